The van der Waals surface area contributed by atoms with Crippen molar-refractivity contribution in [3.63, 3.8) is 0 Å². The summed E-state index contributed by atoms with van der Waals surface area (Å²) in [6.07, 6.45) is 5.77. The van der Waals surface area contributed by atoms with E-state index in [1.54, 1.807) is 0 Å². The first kappa shape index (κ1) is 11.9. The fourth-order valence-electron chi connectivity index (χ4n) is 3.73. The van der Waals surface area contributed by atoms with Gasteiger partial charge in [0.25, 0.3) is 0 Å². The fourth-order valence-corrected chi connectivity index (χ4v) is 3.73. The van der Waals surface area contributed by atoms with Gasteiger partial charge in [0.05, 0.1) is 6.04 Å². The predicted octanol–water partition coefficient (Wildman–Crippen LogP) is 3.33. The lowest BCUT2D eigenvalue weighted by Gasteiger charge is -2.31. The highest BCUT2D eigenvalue weighted by Gasteiger charge is 2.45. The van der Waals surface area contributed by atoms with Gasteiger partial charge in [0.15, 0.2) is 5.78 Å². The highest BCUT2D eigenvalue weighted by Crippen LogP contribution is 2.43. The molecule has 1 aromatic rings. The second-order valence-electron chi connectivity index (χ2n) is 5.54. The van der Waals surface area contributed by atoms with E-state index in [4.69, 9.17) is 0 Å². The molecule has 0 aliphatic carbocycles. The summed E-state index contributed by atoms with van der Waals surface area (Å²) in [6.45, 7) is 1.98. The average molecular weight is 243 g/mol. The quantitative estimate of drug-likeness (QED) is 0.808. The van der Waals surface area contributed by atoms with Gasteiger partial charge in [0, 0.05) is 18.5 Å². The molecular formula is C16H21NO. The van der Waals surface area contributed by atoms with Crippen LogP contribution < -0.4 is 0 Å². The van der Waals surface area contributed by atoms with E-state index in [0.29, 0.717) is 24.3 Å². The molecule has 96 valence electrons. The van der Waals surface area contributed by atoms with Crippen molar-refractivity contribution in [2.24, 2.45) is 0 Å². The molecule has 3 rings (SSSR count). The topological polar surface area (TPSA) is 20.3 Å². The van der Waals surface area contributed by atoms with Crippen molar-refractivity contribution in [1.29, 1.82) is 0 Å². The van der Waals surface area contributed by atoms with E-state index < -0.39 is 0 Å². The molecule has 2 fully saturated rings. The monoisotopic (exact) mass is 243 g/mol. The molecule has 2 heteroatoms. The molecular weight excluding hydrogens is 222 g/mol. The number of carbonyl (C=O) groups excluding carboxylic acids is 1. The van der Waals surface area contributed by atoms with Crippen LogP contribution in [0.5, 0.6) is 0 Å². The Labute approximate surface area is 109 Å². The number of hydrogen-bond acceptors (Lipinski definition) is 2. The zero-order valence-electron chi connectivity index (χ0n) is 11.0. The van der Waals surface area contributed by atoms with Crippen LogP contribution in [-0.2, 0) is 4.79 Å². The van der Waals surface area contributed by atoms with Crippen molar-refractivity contribution >= 4 is 5.78 Å². The Morgan fingerprint density at radius 2 is 1.72 bits per heavy atom. The van der Waals surface area contributed by atoms with Crippen LogP contribution in [0.3, 0.4) is 0 Å². The van der Waals surface area contributed by atoms with Gasteiger partial charge in [-0.25, -0.2) is 0 Å². The van der Waals surface area contributed by atoms with Gasteiger partial charge in [-0.15, -0.1) is 0 Å². The van der Waals surface area contributed by atoms with Crippen molar-refractivity contribution < 1.29 is 4.79 Å². The molecule has 0 unspecified atom stereocenters. The summed E-state index contributed by atoms with van der Waals surface area (Å²) in [5.74, 6) is 0.375. The minimum atomic E-state index is 0.0104. The second-order valence-corrected chi connectivity index (χ2v) is 5.54. The van der Waals surface area contributed by atoms with Crippen LogP contribution in [0.25, 0.3) is 0 Å². The van der Waals surface area contributed by atoms with Crippen LogP contribution in [0.1, 0.15) is 50.6 Å². The summed E-state index contributed by atoms with van der Waals surface area (Å²) < 4.78 is 0. The molecule has 0 aromatic heterocycles. The zero-order chi connectivity index (χ0) is 12.5. The van der Waals surface area contributed by atoms with Gasteiger partial charge in [0.1, 0.15) is 0 Å². The maximum atomic E-state index is 12.4. The molecule has 2 bridgehead atoms. The van der Waals surface area contributed by atoms with Crippen LogP contribution in [0.4, 0.5) is 0 Å². The van der Waals surface area contributed by atoms with Crippen molar-refractivity contribution in [2.45, 2.75) is 57.2 Å². The maximum Gasteiger partial charge on any atom is 0.154 e. The number of fused-ring (bicyclic) bond motifs is 2. The van der Waals surface area contributed by atoms with E-state index in [1.807, 2.05) is 25.1 Å². The number of nitrogens with zero attached hydrogens (tertiary/aromatic N) is 1. The first-order valence-electron chi connectivity index (χ1n) is 7.16. The van der Waals surface area contributed by atoms with E-state index in [1.165, 1.54) is 31.2 Å². The number of carbonyl (C=O) groups is 1. The Balaban J connectivity index is 1.94. The standard InChI is InChI=1S/C16H21NO/c1-2-15(18)16(12-6-4-3-5-7-12)17-13-8-9-14(17)11-10-13/h3-7,13-14,16H,2,8-11H2,1H3/t13?,14?,16-/m1/s1. The third-order valence-electron chi connectivity index (χ3n) is 4.58. The Morgan fingerprint density at radius 3 is 2.22 bits per heavy atom. The summed E-state index contributed by atoms with van der Waals surface area (Å²) in [5, 5.41) is 0. The SMILES string of the molecule is CCC(=O)[C@@H](c1ccccc1)N1C2CCC1CC2. The largest absolute Gasteiger partial charge is 0.298 e. The molecule has 2 aliphatic rings. The molecule has 0 spiro atoms. The highest BCUT2D eigenvalue weighted by atomic mass is 16.1. The third kappa shape index (κ3) is 1.89. The lowest BCUT2D eigenvalue weighted by molar-refractivity contribution is -0.124. The molecule has 2 nitrogen and oxygen atoms in total. The molecule has 0 amide bonds. The Morgan fingerprint density at radius 1 is 1.17 bits per heavy atom. The predicted molar refractivity (Wildman–Crippen MR) is 72.4 cm³/mol. The van der Waals surface area contributed by atoms with E-state index in [9.17, 15) is 4.79 Å². The first-order valence-corrected chi connectivity index (χ1v) is 7.16. The maximum absolute atomic E-state index is 12.4. The molecule has 18 heavy (non-hydrogen) atoms. The number of rotatable bonds is 4. The number of hydrogen-bond donors (Lipinski definition) is 0. The van der Waals surface area contributed by atoms with Crippen molar-refractivity contribution in [1.82, 2.24) is 4.90 Å². The van der Waals surface area contributed by atoms with Crippen molar-refractivity contribution in [3.8, 4) is 0 Å². The van der Waals surface area contributed by atoms with Gasteiger partial charge in [-0.2, -0.15) is 0 Å². The average Bonchev–Trinajstić information content (AvgIpc) is 3.00. The van der Waals surface area contributed by atoms with E-state index >= 15 is 0 Å². The molecule has 2 heterocycles. The van der Waals surface area contributed by atoms with Gasteiger partial charge in [-0.3, -0.25) is 9.69 Å². The third-order valence-corrected chi connectivity index (χ3v) is 4.58. The van der Waals surface area contributed by atoms with Gasteiger partial charge >= 0.3 is 0 Å². The number of Topliss-reactive ketones (excluding diaryl/α,β-unsaturated/α-hetero) is 1. The fraction of sp³-hybridized carbons (Fsp3) is 0.562. The second kappa shape index (κ2) is 4.85. The normalized spacial score (nSPS) is 28.5. The first-order chi connectivity index (χ1) is 8.81. The van der Waals surface area contributed by atoms with Gasteiger partial charge in [-0.05, 0) is 31.2 Å². The van der Waals surface area contributed by atoms with Crippen molar-refractivity contribution in [3.05, 3.63) is 35.9 Å². The van der Waals surface area contributed by atoms with E-state index in [-0.39, 0.29) is 6.04 Å². The minimum absolute atomic E-state index is 0.0104. The molecule has 0 radical (unpaired) electrons. The zero-order valence-corrected chi connectivity index (χ0v) is 11.0. The lowest BCUT2D eigenvalue weighted by atomic mass is 9.99. The van der Waals surface area contributed by atoms with E-state index in [2.05, 4.69) is 17.0 Å². The van der Waals surface area contributed by atoms with Gasteiger partial charge < -0.3 is 0 Å². The minimum Gasteiger partial charge on any atom is -0.298 e. The molecule has 1 atom stereocenters. The number of ketones is 1. The van der Waals surface area contributed by atoms with Gasteiger partial charge in [-0.1, -0.05) is 37.3 Å². The van der Waals surface area contributed by atoms with Crippen molar-refractivity contribution in [2.75, 3.05) is 0 Å². The Hall–Kier alpha value is -1.15. The van der Waals surface area contributed by atoms with Gasteiger partial charge in [0.2, 0.25) is 0 Å². The molecule has 0 N–H and O–H groups in total. The summed E-state index contributed by atoms with van der Waals surface area (Å²) >= 11 is 0. The van der Waals surface area contributed by atoms with E-state index in [0.717, 1.165) is 0 Å². The molecule has 1 aromatic carbocycles. The van der Waals surface area contributed by atoms with Crippen LogP contribution in [-0.4, -0.2) is 22.8 Å². The summed E-state index contributed by atoms with van der Waals surface area (Å²) in [4.78, 5) is 14.9. The Kier molecular flexibility index (Phi) is 3.21. The van der Waals surface area contributed by atoms with Crippen LogP contribution in [0.2, 0.25) is 0 Å². The highest BCUT2D eigenvalue weighted by molar-refractivity contribution is 5.85. The molecule has 0 saturated carbocycles. The Bertz CT molecular complexity index is 408. The number of benzene rings is 1. The molecule has 2 saturated heterocycles. The summed E-state index contributed by atoms with van der Waals surface area (Å²) in [6, 6.07) is 11.6. The summed E-state index contributed by atoms with van der Waals surface area (Å²) in [7, 11) is 0. The summed E-state index contributed by atoms with van der Waals surface area (Å²) in [5.41, 5.74) is 1.18. The smallest absolute Gasteiger partial charge is 0.154 e. The van der Waals surface area contributed by atoms with Crippen LogP contribution in [0, 0.1) is 0 Å². The van der Waals surface area contributed by atoms with Crippen LogP contribution >= 0.6 is 0 Å². The molecule has 2 aliphatic heterocycles. The lowest BCUT2D eigenvalue weighted by Crippen LogP contribution is -2.37. The van der Waals surface area contributed by atoms with Crippen LogP contribution in [0.15, 0.2) is 30.3 Å².